The minimum absolute atomic E-state index is 0.195. The van der Waals surface area contributed by atoms with E-state index in [0.717, 1.165) is 42.5 Å². The van der Waals surface area contributed by atoms with Gasteiger partial charge in [0.25, 0.3) is 0 Å². The highest BCUT2D eigenvalue weighted by atomic mass is 35.5. The summed E-state index contributed by atoms with van der Waals surface area (Å²) in [4.78, 5) is 2.34. The van der Waals surface area contributed by atoms with Crippen molar-refractivity contribution < 1.29 is 4.74 Å². The molecule has 1 heterocycles. The van der Waals surface area contributed by atoms with Gasteiger partial charge in [0.2, 0.25) is 0 Å². The minimum Gasteiger partial charge on any atom is -0.495 e. The number of hydrogen-bond acceptors (Lipinski definition) is 3. The van der Waals surface area contributed by atoms with E-state index in [1.54, 1.807) is 7.11 Å². The van der Waals surface area contributed by atoms with Gasteiger partial charge in [-0.05, 0) is 38.5 Å². The van der Waals surface area contributed by atoms with Crippen molar-refractivity contribution in [3.63, 3.8) is 0 Å². The van der Waals surface area contributed by atoms with Crippen LogP contribution in [-0.4, -0.2) is 32.3 Å². The number of anilines is 1. The Bertz CT molecular complexity index is 420. The Hall–Kier alpha value is -0.930. The molecule has 0 amide bonds. The van der Waals surface area contributed by atoms with Crippen molar-refractivity contribution in [2.75, 3.05) is 31.6 Å². The van der Waals surface area contributed by atoms with Crippen molar-refractivity contribution >= 4 is 17.3 Å². The highest BCUT2D eigenvalue weighted by Crippen LogP contribution is 2.32. The fourth-order valence-corrected chi connectivity index (χ4v) is 2.46. The van der Waals surface area contributed by atoms with Gasteiger partial charge in [-0.15, -0.1) is 0 Å². The van der Waals surface area contributed by atoms with Gasteiger partial charge in [0.15, 0.2) is 0 Å². The summed E-state index contributed by atoms with van der Waals surface area (Å²) >= 11 is 6.09. The Balaban J connectivity index is 2.23. The van der Waals surface area contributed by atoms with Crippen molar-refractivity contribution in [2.45, 2.75) is 25.8 Å². The second-order valence-corrected chi connectivity index (χ2v) is 5.80. The standard InChI is InChI=1S/C14H21ClN2O/c1-14(2)6-8-17(9-7-16-14)12-10-11(15)4-5-13(12)18-3/h4-5,10,16H,6-9H2,1-3H3. The van der Waals surface area contributed by atoms with Crippen molar-refractivity contribution in [2.24, 2.45) is 0 Å². The van der Waals surface area contributed by atoms with E-state index in [1.807, 2.05) is 18.2 Å². The van der Waals surface area contributed by atoms with Crippen LogP contribution in [0.5, 0.6) is 5.75 Å². The molecule has 4 heteroatoms. The first-order valence-electron chi connectivity index (χ1n) is 6.35. The van der Waals surface area contributed by atoms with Crippen LogP contribution in [0, 0.1) is 0 Å². The summed E-state index contributed by atoms with van der Waals surface area (Å²) < 4.78 is 5.43. The number of rotatable bonds is 2. The van der Waals surface area contributed by atoms with Crippen LogP contribution in [0.1, 0.15) is 20.3 Å². The van der Waals surface area contributed by atoms with Crippen LogP contribution in [0.4, 0.5) is 5.69 Å². The normalized spacial score (nSPS) is 19.4. The summed E-state index contributed by atoms with van der Waals surface area (Å²) in [6.45, 7) is 7.44. The van der Waals surface area contributed by atoms with E-state index in [-0.39, 0.29) is 5.54 Å². The lowest BCUT2D eigenvalue weighted by Gasteiger charge is -2.26. The molecule has 18 heavy (non-hydrogen) atoms. The second-order valence-electron chi connectivity index (χ2n) is 5.36. The summed E-state index contributed by atoms with van der Waals surface area (Å²) in [7, 11) is 1.70. The Morgan fingerprint density at radius 1 is 1.33 bits per heavy atom. The lowest BCUT2D eigenvalue weighted by atomic mass is 10.0. The summed E-state index contributed by atoms with van der Waals surface area (Å²) in [6, 6.07) is 5.78. The smallest absolute Gasteiger partial charge is 0.142 e. The average Bonchev–Trinajstić information content (AvgIpc) is 2.50. The quantitative estimate of drug-likeness (QED) is 0.893. The van der Waals surface area contributed by atoms with Crippen LogP contribution < -0.4 is 15.0 Å². The van der Waals surface area contributed by atoms with Crippen LogP contribution >= 0.6 is 11.6 Å². The molecule has 0 aliphatic carbocycles. The zero-order valence-corrected chi connectivity index (χ0v) is 12.0. The fraction of sp³-hybridized carbons (Fsp3) is 0.571. The third kappa shape index (κ3) is 3.09. The van der Waals surface area contributed by atoms with Gasteiger partial charge in [-0.25, -0.2) is 0 Å². The molecule has 3 nitrogen and oxygen atoms in total. The van der Waals surface area contributed by atoms with Crippen molar-refractivity contribution in [3.05, 3.63) is 23.2 Å². The summed E-state index contributed by atoms with van der Waals surface area (Å²) in [5.41, 5.74) is 1.28. The molecule has 0 bridgehead atoms. The third-order valence-electron chi connectivity index (χ3n) is 3.47. The first-order valence-corrected chi connectivity index (χ1v) is 6.73. The molecule has 1 saturated heterocycles. The number of hydrogen-bond donors (Lipinski definition) is 1. The molecule has 0 saturated carbocycles. The van der Waals surface area contributed by atoms with Crippen LogP contribution in [-0.2, 0) is 0 Å². The van der Waals surface area contributed by atoms with Gasteiger partial charge in [0.05, 0.1) is 12.8 Å². The van der Waals surface area contributed by atoms with Crippen LogP contribution in [0.3, 0.4) is 0 Å². The van der Waals surface area contributed by atoms with E-state index < -0.39 is 0 Å². The Morgan fingerprint density at radius 3 is 2.83 bits per heavy atom. The lowest BCUT2D eigenvalue weighted by molar-refractivity contribution is 0.394. The predicted octanol–water partition coefficient (Wildman–Crippen LogP) is 2.93. The van der Waals surface area contributed by atoms with Crippen LogP contribution in [0.2, 0.25) is 5.02 Å². The molecule has 0 atom stereocenters. The molecular formula is C14H21ClN2O. The molecule has 0 aromatic heterocycles. The molecule has 1 aromatic carbocycles. The topological polar surface area (TPSA) is 24.5 Å². The first kappa shape index (κ1) is 13.5. The number of ether oxygens (including phenoxy) is 1. The Labute approximate surface area is 114 Å². The van der Waals surface area contributed by atoms with E-state index in [4.69, 9.17) is 16.3 Å². The molecule has 0 spiro atoms. The van der Waals surface area contributed by atoms with Gasteiger partial charge in [0, 0.05) is 30.2 Å². The van der Waals surface area contributed by atoms with Gasteiger partial charge in [-0.3, -0.25) is 0 Å². The Morgan fingerprint density at radius 2 is 2.11 bits per heavy atom. The molecule has 1 aliphatic rings. The average molecular weight is 269 g/mol. The fourth-order valence-electron chi connectivity index (χ4n) is 2.30. The first-order chi connectivity index (χ1) is 8.52. The predicted molar refractivity (Wildman–Crippen MR) is 76.9 cm³/mol. The van der Waals surface area contributed by atoms with Crippen LogP contribution in [0.25, 0.3) is 0 Å². The zero-order chi connectivity index (χ0) is 13.2. The second kappa shape index (κ2) is 5.37. The molecule has 1 N–H and O–H groups in total. The van der Waals surface area contributed by atoms with Gasteiger partial charge in [-0.2, -0.15) is 0 Å². The molecule has 0 radical (unpaired) electrons. The number of halogens is 1. The monoisotopic (exact) mass is 268 g/mol. The molecule has 2 rings (SSSR count). The van der Waals surface area contributed by atoms with E-state index in [2.05, 4.69) is 24.1 Å². The molecule has 1 fully saturated rings. The number of methoxy groups -OCH3 is 1. The highest BCUT2D eigenvalue weighted by Gasteiger charge is 2.23. The number of nitrogens with zero attached hydrogens (tertiary/aromatic N) is 1. The summed E-state index contributed by atoms with van der Waals surface area (Å²) in [6.07, 6.45) is 1.10. The SMILES string of the molecule is COc1ccc(Cl)cc1N1CCNC(C)(C)CC1. The highest BCUT2D eigenvalue weighted by molar-refractivity contribution is 6.30. The summed E-state index contributed by atoms with van der Waals surface area (Å²) in [5.74, 6) is 0.888. The summed E-state index contributed by atoms with van der Waals surface area (Å²) in [5, 5.41) is 4.31. The van der Waals surface area contributed by atoms with E-state index >= 15 is 0 Å². The maximum atomic E-state index is 6.09. The molecule has 1 aromatic rings. The Kier molecular flexibility index (Phi) is 4.03. The van der Waals surface area contributed by atoms with Crippen molar-refractivity contribution in [1.82, 2.24) is 5.32 Å². The van der Waals surface area contributed by atoms with E-state index in [1.165, 1.54) is 0 Å². The van der Waals surface area contributed by atoms with Gasteiger partial charge in [-0.1, -0.05) is 11.6 Å². The van der Waals surface area contributed by atoms with E-state index in [9.17, 15) is 0 Å². The number of benzene rings is 1. The van der Waals surface area contributed by atoms with Crippen LogP contribution in [0.15, 0.2) is 18.2 Å². The molecule has 0 unspecified atom stereocenters. The van der Waals surface area contributed by atoms with Crippen molar-refractivity contribution in [1.29, 1.82) is 0 Å². The van der Waals surface area contributed by atoms with Gasteiger partial charge < -0.3 is 15.0 Å². The molecular weight excluding hydrogens is 248 g/mol. The maximum absolute atomic E-state index is 6.09. The zero-order valence-electron chi connectivity index (χ0n) is 11.3. The van der Waals surface area contributed by atoms with Gasteiger partial charge >= 0.3 is 0 Å². The maximum Gasteiger partial charge on any atom is 0.142 e. The third-order valence-corrected chi connectivity index (χ3v) is 3.71. The minimum atomic E-state index is 0.195. The largest absolute Gasteiger partial charge is 0.495 e. The molecule has 100 valence electrons. The molecule has 1 aliphatic heterocycles. The van der Waals surface area contributed by atoms with E-state index in [0.29, 0.717) is 0 Å². The van der Waals surface area contributed by atoms with Crippen molar-refractivity contribution in [3.8, 4) is 5.75 Å². The number of nitrogens with one attached hydrogen (secondary N) is 1. The lowest BCUT2D eigenvalue weighted by Crippen LogP contribution is -2.39. The van der Waals surface area contributed by atoms with Gasteiger partial charge in [0.1, 0.15) is 5.75 Å².